The molecule has 0 spiro atoms. The summed E-state index contributed by atoms with van der Waals surface area (Å²) >= 11 is 11.7. The molecule has 0 atom stereocenters. The number of carbonyl (C=O) groups excluding carboxylic acids is 2. The van der Waals surface area contributed by atoms with Crippen molar-refractivity contribution < 1.29 is 14.3 Å². The maximum Gasteiger partial charge on any atom is 0.361 e. The highest BCUT2D eigenvalue weighted by Crippen LogP contribution is 2.23. The lowest BCUT2D eigenvalue weighted by molar-refractivity contribution is 0.0519. The molecule has 0 bridgehead atoms. The summed E-state index contributed by atoms with van der Waals surface area (Å²) in [4.78, 5) is 34.8. The average Bonchev–Trinajstić information content (AvgIpc) is 3.78. The van der Waals surface area contributed by atoms with Gasteiger partial charge in [0.2, 0.25) is 0 Å². The zero-order valence-corrected chi connectivity index (χ0v) is 25.1. The van der Waals surface area contributed by atoms with Gasteiger partial charge in [0.1, 0.15) is 11.6 Å². The first kappa shape index (κ1) is 31.3. The van der Waals surface area contributed by atoms with E-state index in [-0.39, 0.29) is 28.3 Å². The van der Waals surface area contributed by atoms with Crippen LogP contribution in [0.1, 0.15) is 27.9 Å². The first-order valence-electron chi connectivity index (χ1n) is 13.1. The minimum atomic E-state index is -0.725. The second kappa shape index (κ2) is 14.6. The van der Waals surface area contributed by atoms with Crippen LogP contribution in [0, 0.1) is 0 Å². The van der Waals surface area contributed by atoms with E-state index >= 15 is 0 Å². The van der Waals surface area contributed by atoms with Gasteiger partial charge in [-0.1, -0.05) is 35.3 Å². The first-order valence-corrected chi connectivity index (χ1v) is 13.8. The maximum atomic E-state index is 12.0. The Morgan fingerprint density at radius 3 is 1.65 bits per heavy atom. The number of esters is 1. The molecule has 6 aromatic heterocycles. The highest BCUT2D eigenvalue weighted by molar-refractivity contribution is 6.30. The average molecular weight is 662 g/mol. The summed E-state index contributed by atoms with van der Waals surface area (Å²) in [7, 11) is 0. The van der Waals surface area contributed by atoms with Gasteiger partial charge in [0.25, 0.3) is 5.91 Å². The number of nitrogens with zero attached hydrogens (tertiary/aromatic N) is 12. The van der Waals surface area contributed by atoms with E-state index in [0.29, 0.717) is 34.6 Å². The number of hydrogen-bond donors (Lipinski definition) is 3. The van der Waals surface area contributed by atoms with Gasteiger partial charge >= 0.3 is 5.97 Å². The number of primary amides is 1. The lowest BCUT2D eigenvalue weighted by atomic mass is 10.3. The predicted octanol–water partition coefficient (Wildman–Crippen LogP) is 2.97. The lowest BCUT2D eigenvalue weighted by Crippen LogP contribution is -2.16. The van der Waals surface area contributed by atoms with Crippen LogP contribution in [0.2, 0.25) is 10.3 Å². The van der Waals surface area contributed by atoms with Crippen molar-refractivity contribution in [3.05, 3.63) is 95.0 Å². The largest absolute Gasteiger partial charge is 0.461 e. The van der Waals surface area contributed by atoms with Crippen LogP contribution in [0.5, 0.6) is 0 Å². The van der Waals surface area contributed by atoms with Gasteiger partial charge in [-0.3, -0.25) is 4.79 Å². The zero-order chi connectivity index (χ0) is 32.5. The molecule has 0 fully saturated rings. The topological polar surface area (TPSA) is 232 Å². The number of carbonyl (C=O) groups is 2. The number of amides is 1. The fourth-order valence-corrected chi connectivity index (χ4v) is 3.91. The Hall–Kier alpha value is -6.14. The molecule has 0 saturated carbocycles. The second-order valence-corrected chi connectivity index (χ2v) is 9.37. The molecule has 232 valence electrons. The molecule has 6 heterocycles. The van der Waals surface area contributed by atoms with Crippen LogP contribution in [0.15, 0.2) is 73.3 Å². The van der Waals surface area contributed by atoms with E-state index in [9.17, 15) is 9.59 Å². The molecule has 0 aliphatic rings. The number of rotatable bonds is 9. The smallest absolute Gasteiger partial charge is 0.361 e. The van der Waals surface area contributed by atoms with Gasteiger partial charge in [-0.2, -0.15) is 20.4 Å². The Morgan fingerprint density at radius 2 is 1.20 bits per heavy atom. The highest BCUT2D eigenvalue weighted by atomic mass is 35.5. The van der Waals surface area contributed by atoms with Crippen molar-refractivity contribution in [1.82, 2.24) is 60.4 Å². The number of nitrogens with one attached hydrogen (secondary N) is 2. The number of aromatic nitrogens is 12. The minimum absolute atomic E-state index is 0.0191. The van der Waals surface area contributed by atoms with E-state index in [4.69, 9.17) is 33.7 Å². The molecule has 0 radical (unpaired) electrons. The highest BCUT2D eigenvalue weighted by Gasteiger charge is 2.17. The van der Waals surface area contributed by atoms with Gasteiger partial charge < -0.3 is 21.1 Å². The minimum Gasteiger partial charge on any atom is -0.461 e. The van der Waals surface area contributed by atoms with Crippen LogP contribution >= 0.6 is 23.2 Å². The quantitative estimate of drug-likeness (QED) is 0.189. The normalized spacial score (nSPS) is 10.4. The predicted molar refractivity (Wildman–Crippen MR) is 163 cm³/mol. The summed E-state index contributed by atoms with van der Waals surface area (Å²) in [5, 5.41) is 36.9. The molecule has 0 unspecified atom stereocenters. The van der Waals surface area contributed by atoms with Crippen LogP contribution in [-0.2, 0) is 4.74 Å². The summed E-state index contributed by atoms with van der Waals surface area (Å²) in [5.74, 6) is 0.589. The van der Waals surface area contributed by atoms with Gasteiger partial charge in [0.15, 0.2) is 33.3 Å². The van der Waals surface area contributed by atoms with Crippen LogP contribution < -0.4 is 16.4 Å². The van der Waals surface area contributed by atoms with E-state index < -0.39 is 11.9 Å². The van der Waals surface area contributed by atoms with Gasteiger partial charge in [-0.25, -0.2) is 14.8 Å². The van der Waals surface area contributed by atoms with Crippen molar-refractivity contribution in [2.24, 2.45) is 5.73 Å². The van der Waals surface area contributed by atoms with E-state index in [2.05, 4.69) is 61.4 Å². The van der Waals surface area contributed by atoms with Crippen LogP contribution in [0.25, 0.3) is 11.6 Å². The summed E-state index contributed by atoms with van der Waals surface area (Å²) in [6, 6.07) is 13.3. The molecular formula is C26H21Cl2N15O3. The molecule has 0 saturated heterocycles. The molecule has 6 aromatic rings. The molecule has 4 N–H and O–H groups in total. The van der Waals surface area contributed by atoms with Crippen molar-refractivity contribution >= 4 is 58.1 Å². The fourth-order valence-electron chi connectivity index (χ4n) is 3.61. The SMILES string of the molecule is CCOC(=O)c1nnc(Cl)cc1Nc1cccc(-n2nccn2)n1.NC(=O)c1nnc(Cl)cc1Nc1cccc(-n2nccn2)n1. The number of ether oxygens (including phenoxy) is 1. The van der Waals surface area contributed by atoms with Gasteiger partial charge in [0, 0.05) is 12.1 Å². The van der Waals surface area contributed by atoms with Crippen molar-refractivity contribution in [2.75, 3.05) is 17.2 Å². The number of anilines is 4. The zero-order valence-electron chi connectivity index (χ0n) is 23.6. The fraction of sp³-hybridized carbons (Fsp3) is 0.0769. The maximum absolute atomic E-state index is 12.0. The van der Waals surface area contributed by atoms with Crippen LogP contribution in [0.3, 0.4) is 0 Å². The molecule has 0 aliphatic heterocycles. The van der Waals surface area contributed by atoms with Crippen molar-refractivity contribution in [3.63, 3.8) is 0 Å². The molecule has 18 nitrogen and oxygen atoms in total. The number of pyridine rings is 2. The number of halogens is 2. The molecule has 0 aromatic carbocycles. The second-order valence-electron chi connectivity index (χ2n) is 8.59. The Morgan fingerprint density at radius 1 is 0.739 bits per heavy atom. The monoisotopic (exact) mass is 661 g/mol. The first-order chi connectivity index (χ1) is 22.3. The molecule has 20 heteroatoms. The van der Waals surface area contributed by atoms with Gasteiger partial charge in [0.05, 0.1) is 42.8 Å². The van der Waals surface area contributed by atoms with Gasteiger partial charge in [-0.05, 0) is 31.2 Å². The van der Waals surface area contributed by atoms with Crippen molar-refractivity contribution in [3.8, 4) is 11.6 Å². The standard InChI is InChI=1S/C14H12ClN7O2.C12H9ClN8O/c1-2-24-14(23)13-9(8-10(15)20-21-13)18-11-4-3-5-12(19-11)22-16-6-7-17-22;13-8-6-7(11(12(14)22)20-19-8)17-9-2-1-3-10(18-9)21-15-4-5-16-21/h3-8H,2H2,1H3,(H,18,19,20);1-6H,(H2,14,22)(H,17,18,19). The summed E-state index contributed by atoms with van der Waals surface area (Å²) in [6.07, 6.45) is 6.18. The van der Waals surface area contributed by atoms with E-state index in [0.717, 1.165) is 0 Å². The number of nitrogens with two attached hydrogens (primary N) is 1. The Labute approximate surface area is 269 Å². The molecule has 46 heavy (non-hydrogen) atoms. The third kappa shape index (κ3) is 7.87. The third-order valence-corrected chi connectivity index (χ3v) is 5.84. The van der Waals surface area contributed by atoms with E-state index in [1.165, 1.54) is 21.7 Å². The summed E-state index contributed by atoms with van der Waals surface area (Å²) in [5.41, 5.74) is 5.89. The van der Waals surface area contributed by atoms with Crippen LogP contribution in [-0.4, -0.2) is 78.8 Å². The van der Waals surface area contributed by atoms with Crippen LogP contribution in [0.4, 0.5) is 23.0 Å². The third-order valence-electron chi connectivity index (χ3n) is 5.47. The Balaban J connectivity index is 0.000000182. The Bertz CT molecular complexity index is 1960. The summed E-state index contributed by atoms with van der Waals surface area (Å²) in [6.45, 7) is 1.93. The van der Waals surface area contributed by atoms with Crippen molar-refractivity contribution in [2.45, 2.75) is 6.92 Å². The van der Waals surface area contributed by atoms with Crippen molar-refractivity contribution in [1.29, 1.82) is 0 Å². The molecule has 6 rings (SSSR count). The van der Waals surface area contributed by atoms with E-state index in [1.54, 1.807) is 68.1 Å². The Kier molecular flexibility index (Phi) is 9.90. The molecule has 1 amide bonds. The molecule has 0 aliphatic carbocycles. The lowest BCUT2D eigenvalue weighted by Gasteiger charge is -2.10. The molecular weight excluding hydrogens is 641 g/mol. The number of hydrogen-bond acceptors (Lipinski definition) is 15. The van der Waals surface area contributed by atoms with E-state index in [1.807, 2.05) is 0 Å². The van der Waals surface area contributed by atoms with Gasteiger partial charge in [-0.15, -0.1) is 30.0 Å². The summed E-state index contributed by atoms with van der Waals surface area (Å²) < 4.78 is 4.96.